The van der Waals surface area contributed by atoms with Crippen molar-refractivity contribution in [3.8, 4) is 17.0 Å². The number of benzene rings is 2. The summed E-state index contributed by atoms with van der Waals surface area (Å²) in [7, 11) is 2.27. The van der Waals surface area contributed by atoms with E-state index < -0.39 is 0 Å². The van der Waals surface area contributed by atoms with E-state index in [4.69, 9.17) is 14.5 Å². The Morgan fingerprint density at radius 2 is 1.52 bits per heavy atom. The second-order valence-electron chi connectivity index (χ2n) is 11.9. The summed E-state index contributed by atoms with van der Waals surface area (Å²) in [5, 5.41) is 0. The van der Waals surface area contributed by atoms with Crippen LogP contribution in [0.15, 0.2) is 54.6 Å². The van der Waals surface area contributed by atoms with E-state index in [-0.39, 0.29) is 6.10 Å². The lowest BCUT2D eigenvalue weighted by atomic mass is 9.90. The van der Waals surface area contributed by atoms with Gasteiger partial charge in [-0.1, -0.05) is 75.2 Å². The van der Waals surface area contributed by atoms with Gasteiger partial charge >= 0.3 is 0 Å². The van der Waals surface area contributed by atoms with Crippen molar-refractivity contribution in [1.29, 1.82) is 0 Å². The molecule has 2 saturated carbocycles. The Balaban J connectivity index is 1.42. The Labute approximate surface area is 242 Å². The van der Waals surface area contributed by atoms with Crippen LogP contribution in [0, 0.1) is 6.92 Å². The van der Waals surface area contributed by atoms with Gasteiger partial charge in [0.05, 0.1) is 24.5 Å². The van der Waals surface area contributed by atoms with Crippen LogP contribution in [0.5, 0.6) is 5.75 Å². The Morgan fingerprint density at radius 3 is 2.23 bits per heavy atom. The molecule has 1 heterocycles. The number of nitrogens with zero attached hydrogens (tertiary/aromatic N) is 2. The summed E-state index contributed by atoms with van der Waals surface area (Å²) in [6.07, 6.45) is 12.2. The summed E-state index contributed by atoms with van der Waals surface area (Å²) in [6.45, 7) is 8.17. The Morgan fingerprint density at radius 1 is 0.850 bits per heavy atom. The lowest BCUT2D eigenvalue weighted by molar-refractivity contribution is -0.0405. The minimum Gasteiger partial charge on any atom is -0.490 e. The van der Waals surface area contributed by atoms with E-state index in [1.807, 2.05) is 0 Å². The van der Waals surface area contributed by atoms with Crippen molar-refractivity contribution in [3.63, 3.8) is 0 Å². The Hall–Kier alpha value is -2.69. The average Bonchev–Trinajstić information content (AvgIpc) is 3.51. The third-order valence-electron chi connectivity index (χ3n) is 9.09. The minimum atomic E-state index is 0.245. The third kappa shape index (κ3) is 6.78. The molecule has 2 atom stereocenters. The molecule has 2 aliphatic carbocycles. The fraction of sp³-hybridized carbons (Fsp3) is 0.528. The molecule has 0 radical (unpaired) electrons. The first-order chi connectivity index (χ1) is 19.6. The highest BCUT2D eigenvalue weighted by atomic mass is 16.5. The van der Waals surface area contributed by atoms with Gasteiger partial charge in [-0.15, -0.1) is 0 Å². The van der Waals surface area contributed by atoms with Gasteiger partial charge < -0.3 is 9.47 Å². The highest BCUT2D eigenvalue weighted by molar-refractivity contribution is 5.70. The molecule has 4 heteroatoms. The molecule has 40 heavy (non-hydrogen) atoms. The van der Waals surface area contributed by atoms with E-state index in [2.05, 4.69) is 87.3 Å². The number of aryl methyl sites for hydroxylation is 3. The molecule has 0 saturated heterocycles. The minimum absolute atomic E-state index is 0.245. The van der Waals surface area contributed by atoms with Crippen molar-refractivity contribution in [1.82, 2.24) is 9.88 Å². The molecular formula is C36H48N2O2. The molecule has 2 aliphatic rings. The fourth-order valence-electron chi connectivity index (χ4n) is 6.77. The molecule has 0 bridgehead atoms. The van der Waals surface area contributed by atoms with Crippen LogP contribution >= 0.6 is 0 Å². The largest absolute Gasteiger partial charge is 0.490 e. The van der Waals surface area contributed by atoms with E-state index in [9.17, 15) is 0 Å². The highest BCUT2D eigenvalue weighted by Crippen LogP contribution is 2.36. The van der Waals surface area contributed by atoms with Crippen molar-refractivity contribution >= 4 is 0 Å². The first kappa shape index (κ1) is 28.8. The van der Waals surface area contributed by atoms with Crippen LogP contribution in [-0.4, -0.2) is 35.2 Å². The van der Waals surface area contributed by atoms with Crippen LogP contribution in [0.3, 0.4) is 0 Å². The quantitative estimate of drug-likeness (QED) is 0.244. The maximum Gasteiger partial charge on any atom is 0.128 e. The maximum absolute atomic E-state index is 6.82. The van der Waals surface area contributed by atoms with Crippen LogP contribution in [0.25, 0.3) is 11.3 Å². The predicted octanol–water partition coefficient (Wildman–Crippen LogP) is 8.46. The molecular weight excluding hydrogens is 492 g/mol. The van der Waals surface area contributed by atoms with Crippen LogP contribution < -0.4 is 4.74 Å². The predicted molar refractivity (Wildman–Crippen MR) is 165 cm³/mol. The zero-order valence-corrected chi connectivity index (χ0v) is 25.1. The molecule has 3 aromatic rings. The summed E-state index contributed by atoms with van der Waals surface area (Å²) in [5.41, 5.74) is 8.66. The molecule has 4 nitrogen and oxygen atoms in total. The summed E-state index contributed by atoms with van der Waals surface area (Å²) in [5.74, 6) is 1.03. The maximum atomic E-state index is 6.82. The first-order valence-electron chi connectivity index (χ1n) is 15.7. The van der Waals surface area contributed by atoms with Gasteiger partial charge in [-0.3, -0.25) is 9.88 Å². The topological polar surface area (TPSA) is 34.6 Å². The molecule has 2 aromatic carbocycles. The van der Waals surface area contributed by atoms with E-state index in [0.717, 1.165) is 55.8 Å². The normalized spacial score (nSPS) is 19.8. The average molecular weight is 541 g/mol. The lowest BCUT2D eigenvalue weighted by Gasteiger charge is -2.38. The fourth-order valence-corrected chi connectivity index (χ4v) is 6.77. The molecule has 1 unspecified atom stereocenters. The standard InChI is InChI=1S/C36H48N2O2/c1-5-28-17-14-18-29(6-2)36(28)32-23-35(40-30-19-10-11-20-30)31(26(3)37-32)24-38(4)33-21-12-13-22-34(33)39-25-27-15-8-7-9-16-27/h7-9,14-18,23,30,33-34H,5-6,10-13,19-22,24-25H2,1-4H3/t33?,34-/m0/s1. The van der Waals surface area contributed by atoms with Crippen LogP contribution in [0.2, 0.25) is 0 Å². The van der Waals surface area contributed by atoms with Crippen LogP contribution in [0.1, 0.15) is 93.2 Å². The second kappa shape index (κ2) is 13.8. The Kier molecular flexibility index (Phi) is 9.93. The van der Waals surface area contributed by atoms with E-state index >= 15 is 0 Å². The summed E-state index contributed by atoms with van der Waals surface area (Å²) in [4.78, 5) is 7.76. The number of likely N-dealkylation sites (N-methyl/N-ethyl adjacent to an activating group) is 1. The van der Waals surface area contributed by atoms with Gasteiger partial charge in [-0.2, -0.15) is 0 Å². The summed E-state index contributed by atoms with van der Waals surface area (Å²) >= 11 is 0. The second-order valence-corrected chi connectivity index (χ2v) is 11.9. The van der Waals surface area contributed by atoms with Gasteiger partial charge in [0, 0.05) is 35.5 Å². The van der Waals surface area contributed by atoms with Gasteiger partial charge in [-0.25, -0.2) is 0 Å². The SMILES string of the molecule is CCc1cccc(CC)c1-c1cc(OC2CCCC2)c(CN(C)C2CCCC[C@@H]2OCc2ccccc2)c(C)n1. The van der Waals surface area contributed by atoms with Gasteiger partial charge in [0.15, 0.2) is 0 Å². The van der Waals surface area contributed by atoms with Gasteiger partial charge in [0.2, 0.25) is 0 Å². The Bertz CT molecular complexity index is 1210. The monoisotopic (exact) mass is 540 g/mol. The van der Waals surface area contributed by atoms with Crippen molar-refractivity contribution < 1.29 is 9.47 Å². The zero-order chi connectivity index (χ0) is 27.9. The van der Waals surface area contributed by atoms with Crippen molar-refractivity contribution in [2.24, 2.45) is 0 Å². The molecule has 0 spiro atoms. The molecule has 5 rings (SSSR count). The molecule has 214 valence electrons. The molecule has 0 aliphatic heterocycles. The van der Waals surface area contributed by atoms with Crippen LogP contribution in [-0.2, 0) is 30.7 Å². The van der Waals surface area contributed by atoms with E-state index in [0.29, 0.717) is 18.8 Å². The van der Waals surface area contributed by atoms with Gasteiger partial charge in [0.1, 0.15) is 5.75 Å². The number of ether oxygens (including phenoxy) is 2. The number of pyridine rings is 1. The first-order valence-corrected chi connectivity index (χ1v) is 15.7. The molecule has 0 N–H and O–H groups in total. The zero-order valence-electron chi connectivity index (χ0n) is 25.1. The van der Waals surface area contributed by atoms with Gasteiger partial charge in [-0.05, 0) is 82.0 Å². The number of hydrogen-bond acceptors (Lipinski definition) is 4. The summed E-state index contributed by atoms with van der Waals surface area (Å²) in [6, 6.07) is 19.9. The van der Waals surface area contributed by atoms with Crippen molar-refractivity contribution in [3.05, 3.63) is 82.5 Å². The van der Waals surface area contributed by atoms with Crippen molar-refractivity contribution in [2.75, 3.05) is 7.05 Å². The number of hydrogen-bond donors (Lipinski definition) is 0. The molecule has 2 fully saturated rings. The van der Waals surface area contributed by atoms with Gasteiger partial charge in [0.25, 0.3) is 0 Å². The van der Waals surface area contributed by atoms with E-state index in [1.165, 1.54) is 59.9 Å². The summed E-state index contributed by atoms with van der Waals surface area (Å²) < 4.78 is 13.4. The van der Waals surface area contributed by atoms with E-state index in [1.54, 1.807) is 0 Å². The molecule has 0 amide bonds. The highest BCUT2D eigenvalue weighted by Gasteiger charge is 2.31. The lowest BCUT2D eigenvalue weighted by Crippen LogP contribution is -2.44. The third-order valence-corrected chi connectivity index (χ3v) is 9.09. The molecule has 1 aromatic heterocycles. The number of aromatic nitrogens is 1. The van der Waals surface area contributed by atoms with Crippen LogP contribution in [0.4, 0.5) is 0 Å². The number of rotatable bonds is 11. The smallest absolute Gasteiger partial charge is 0.128 e. The van der Waals surface area contributed by atoms with Crippen molar-refractivity contribution in [2.45, 2.75) is 116 Å².